The van der Waals surface area contributed by atoms with Crippen molar-refractivity contribution in [3.63, 3.8) is 0 Å². The van der Waals surface area contributed by atoms with Crippen molar-refractivity contribution in [2.75, 3.05) is 18.0 Å². The molecular weight excluding hydrogens is 444 g/mol. The summed E-state index contributed by atoms with van der Waals surface area (Å²) in [5.74, 6) is -0.0319. The van der Waals surface area contributed by atoms with Crippen LogP contribution in [0.3, 0.4) is 0 Å². The van der Waals surface area contributed by atoms with Crippen molar-refractivity contribution in [1.82, 2.24) is 19.7 Å². The van der Waals surface area contributed by atoms with Gasteiger partial charge < -0.3 is 10.0 Å². The Kier molecular flexibility index (Phi) is 6.29. The fourth-order valence-corrected chi connectivity index (χ4v) is 4.25. The number of carbonyl (C=O) groups is 2. The number of anilines is 1. The molecule has 33 heavy (non-hydrogen) atoms. The fraction of sp³-hybridized carbons (Fsp3) is 0.261. The lowest BCUT2D eigenvalue weighted by atomic mass is 10.0. The summed E-state index contributed by atoms with van der Waals surface area (Å²) >= 11 is 6.38. The predicted octanol–water partition coefficient (Wildman–Crippen LogP) is 3.80. The van der Waals surface area contributed by atoms with Gasteiger partial charge in [-0.25, -0.2) is 9.78 Å². The number of carboxylic acid groups (broad SMARTS) is 1. The van der Waals surface area contributed by atoms with Crippen LogP contribution in [-0.2, 0) is 7.05 Å². The Labute approximate surface area is 195 Å². The third kappa shape index (κ3) is 4.38. The van der Waals surface area contributed by atoms with Crippen LogP contribution < -0.4 is 4.90 Å². The first-order chi connectivity index (χ1) is 15.9. The summed E-state index contributed by atoms with van der Waals surface area (Å²) < 4.78 is 1.50. The normalized spacial score (nSPS) is 15.7. The Bertz CT molecular complexity index is 1230. The number of amides is 2. The number of pyridine rings is 1. The Balaban J connectivity index is 1.69. The van der Waals surface area contributed by atoms with Crippen molar-refractivity contribution in [3.05, 3.63) is 65.1 Å². The minimum atomic E-state index is -1.02. The second kappa shape index (κ2) is 9.30. The van der Waals surface area contributed by atoms with Gasteiger partial charge in [-0.2, -0.15) is 10.4 Å². The Hall–Kier alpha value is -3.90. The van der Waals surface area contributed by atoms with E-state index in [1.165, 1.54) is 14.5 Å². The molecule has 10 heteroatoms. The van der Waals surface area contributed by atoms with Crippen molar-refractivity contribution in [1.29, 1.82) is 5.26 Å². The molecule has 2 amide bonds. The van der Waals surface area contributed by atoms with Gasteiger partial charge in [-0.3, -0.25) is 14.4 Å². The molecule has 0 spiro atoms. The van der Waals surface area contributed by atoms with Gasteiger partial charge in [0.2, 0.25) is 0 Å². The van der Waals surface area contributed by atoms with E-state index in [1.807, 2.05) is 0 Å². The number of hydrogen-bond acceptors (Lipinski definition) is 5. The van der Waals surface area contributed by atoms with E-state index >= 15 is 0 Å². The van der Waals surface area contributed by atoms with Crippen LogP contribution in [0.4, 0.5) is 10.6 Å². The van der Waals surface area contributed by atoms with E-state index in [-0.39, 0.29) is 12.5 Å². The van der Waals surface area contributed by atoms with E-state index < -0.39 is 12.1 Å². The van der Waals surface area contributed by atoms with E-state index in [0.29, 0.717) is 47.0 Å². The number of nitriles is 1. The molecule has 1 aliphatic heterocycles. The lowest BCUT2D eigenvalue weighted by Gasteiger charge is -2.38. The highest BCUT2D eigenvalue weighted by atomic mass is 35.5. The summed E-state index contributed by atoms with van der Waals surface area (Å²) in [6.45, 7) is 0.595. The van der Waals surface area contributed by atoms with Crippen LogP contribution in [0.1, 0.15) is 28.9 Å². The average Bonchev–Trinajstić information content (AvgIpc) is 3.21. The van der Waals surface area contributed by atoms with Crippen molar-refractivity contribution in [2.45, 2.75) is 18.9 Å². The van der Waals surface area contributed by atoms with Gasteiger partial charge >= 0.3 is 6.09 Å². The maximum absolute atomic E-state index is 13.6. The lowest BCUT2D eigenvalue weighted by Crippen LogP contribution is -2.52. The maximum Gasteiger partial charge on any atom is 0.407 e. The number of likely N-dealkylation sites (tertiary alicyclic amines) is 1. The molecule has 1 fully saturated rings. The maximum atomic E-state index is 13.6. The van der Waals surface area contributed by atoms with Crippen LogP contribution in [0.2, 0.25) is 5.02 Å². The molecule has 1 atom stereocenters. The molecule has 9 nitrogen and oxygen atoms in total. The second-order valence-electron chi connectivity index (χ2n) is 7.73. The summed E-state index contributed by atoms with van der Waals surface area (Å²) in [5.41, 5.74) is 2.25. The van der Waals surface area contributed by atoms with Crippen molar-refractivity contribution < 1.29 is 14.7 Å². The SMILES string of the molecule is Cn1ncc(-c2ccc(C(=O)N(c3ncccc3Cl)C3CCCN(C(=O)O)C3)cc2)c1C#N. The minimum absolute atomic E-state index is 0.174. The van der Waals surface area contributed by atoms with Gasteiger partial charge in [-0.05, 0) is 42.7 Å². The molecule has 1 unspecified atom stereocenters. The molecule has 0 bridgehead atoms. The quantitative estimate of drug-likeness (QED) is 0.628. The van der Waals surface area contributed by atoms with E-state index in [9.17, 15) is 20.0 Å². The van der Waals surface area contributed by atoms with Crippen LogP contribution >= 0.6 is 11.6 Å². The summed E-state index contributed by atoms with van der Waals surface area (Å²) in [6, 6.07) is 11.9. The molecule has 2 aromatic heterocycles. The van der Waals surface area contributed by atoms with Crippen LogP contribution in [0.25, 0.3) is 11.1 Å². The first kappa shape index (κ1) is 22.3. The molecule has 3 aromatic rings. The third-order valence-electron chi connectivity index (χ3n) is 5.71. The number of nitrogens with zero attached hydrogens (tertiary/aromatic N) is 6. The number of piperidine rings is 1. The zero-order valence-corrected chi connectivity index (χ0v) is 18.6. The van der Waals surface area contributed by atoms with Gasteiger partial charge in [0.25, 0.3) is 5.91 Å². The Morgan fingerprint density at radius 3 is 2.70 bits per heavy atom. The van der Waals surface area contributed by atoms with Gasteiger partial charge in [0.15, 0.2) is 5.82 Å². The fourth-order valence-electron chi connectivity index (χ4n) is 4.04. The van der Waals surface area contributed by atoms with Crippen LogP contribution in [0, 0.1) is 11.3 Å². The zero-order chi connectivity index (χ0) is 23.5. The van der Waals surface area contributed by atoms with Crippen LogP contribution in [0.15, 0.2) is 48.8 Å². The topological polar surface area (TPSA) is 115 Å². The lowest BCUT2D eigenvalue weighted by molar-refractivity contribution is 0.0941. The smallest absolute Gasteiger partial charge is 0.407 e. The summed E-state index contributed by atoms with van der Waals surface area (Å²) in [7, 11) is 1.69. The average molecular weight is 465 g/mol. The van der Waals surface area contributed by atoms with Gasteiger partial charge in [-0.15, -0.1) is 0 Å². The van der Waals surface area contributed by atoms with Gasteiger partial charge in [0.05, 0.1) is 17.3 Å². The summed E-state index contributed by atoms with van der Waals surface area (Å²) in [4.78, 5) is 32.3. The molecular formula is C23H21ClN6O3. The first-order valence-corrected chi connectivity index (χ1v) is 10.7. The Morgan fingerprint density at radius 1 is 1.27 bits per heavy atom. The van der Waals surface area contributed by atoms with E-state index in [0.717, 1.165) is 5.56 Å². The molecule has 1 N–H and O–H groups in total. The minimum Gasteiger partial charge on any atom is -0.465 e. The molecule has 1 aromatic carbocycles. The molecule has 1 aliphatic rings. The van der Waals surface area contributed by atoms with Crippen molar-refractivity contribution >= 4 is 29.4 Å². The highest BCUT2D eigenvalue weighted by molar-refractivity contribution is 6.33. The van der Waals surface area contributed by atoms with E-state index in [2.05, 4.69) is 16.2 Å². The van der Waals surface area contributed by atoms with Crippen molar-refractivity contribution in [3.8, 4) is 17.2 Å². The number of benzene rings is 1. The monoisotopic (exact) mass is 464 g/mol. The summed E-state index contributed by atoms with van der Waals surface area (Å²) in [5, 5.41) is 23.3. The highest BCUT2D eigenvalue weighted by Gasteiger charge is 2.34. The van der Waals surface area contributed by atoms with Crippen LogP contribution in [-0.4, -0.2) is 55.9 Å². The van der Waals surface area contributed by atoms with Crippen LogP contribution in [0.5, 0.6) is 0 Å². The number of halogens is 1. The number of carbonyl (C=O) groups excluding carboxylic acids is 1. The molecule has 168 valence electrons. The third-order valence-corrected chi connectivity index (χ3v) is 6.00. The summed E-state index contributed by atoms with van der Waals surface area (Å²) in [6.07, 6.45) is 3.39. The second-order valence-corrected chi connectivity index (χ2v) is 8.14. The van der Waals surface area contributed by atoms with Gasteiger partial charge in [0.1, 0.15) is 11.8 Å². The standard InChI is InChI=1S/C23H21ClN6O3/c1-28-20(12-25)18(13-27-28)15-6-8-16(9-7-15)22(31)30(21-19(24)5-2-10-26-21)17-4-3-11-29(14-17)23(32)33/h2,5-10,13,17H,3-4,11,14H2,1H3,(H,32,33). The van der Waals surface area contributed by atoms with Gasteiger partial charge in [0, 0.05) is 37.5 Å². The largest absolute Gasteiger partial charge is 0.465 e. The van der Waals surface area contributed by atoms with E-state index in [4.69, 9.17) is 11.6 Å². The molecule has 1 saturated heterocycles. The molecule has 0 aliphatic carbocycles. The molecule has 0 saturated carbocycles. The molecule has 4 rings (SSSR count). The Morgan fingerprint density at radius 2 is 2.03 bits per heavy atom. The number of rotatable bonds is 4. The number of aromatic nitrogens is 3. The number of hydrogen-bond donors (Lipinski definition) is 1. The predicted molar refractivity (Wildman–Crippen MR) is 122 cm³/mol. The van der Waals surface area contributed by atoms with E-state index in [1.54, 1.807) is 55.8 Å². The van der Waals surface area contributed by atoms with Gasteiger partial charge in [-0.1, -0.05) is 23.7 Å². The molecule has 0 radical (unpaired) electrons. The highest BCUT2D eigenvalue weighted by Crippen LogP contribution is 2.30. The zero-order valence-electron chi connectivity index (χ0n) is 17.8. The van der Waals surface area contributed by atoms with Crippen molar-refractivity contribution in [2.24, 2.45) is 7.05 Å². The first-order valence-electron chi connectivity index (χ1n) is 10.3. The molecule has 3 heterocycles. The number of aryl methyl sites for hydroxylation is 1.